The highest BCUT2D eigenvalue weighted by Crippen LogP contribution is 2.31. The number of fused-ring (bicyclic) bond motifs is 1. The average molecular weight is 438 g/mol. The number of halogens is 3. The fourth-order valence-corrected chi connectivity index (χ4v) is 3.48. The van der Waals surface area contributed by atoms with Gasteiger partial charge in [-0.3, -0.25) is 4.79 Å². The molecule has 0 aliphatic carbocycles. The largest absolute Gasteiger partial charge is 0.348 e. The summed E-state index contributed by atoms with van der Waals surface area (Å²) < 4.78 is 27.8. The average Bonchev–Trinajstić information content (AvgIpc) is 2.60. The van der Waals surface area contributed by atoms with E-state index in [1.165, 1.54) is 11.0 Å². The number of amides is 3. The van der Waals surface area contributed by atoms with Gasteiger partial charge in [0, 0.05) is 27.4 Å². The molecule has 3 rings (SSSR count). The molecule has 0 saturated carbocycles. The molecule has 27 heavy (non-hydrogen) atoms. The second-order valence-electron chi connectivity index (χ2n) is 6.40. The monoisotopic (exact) mass is 437 g/mol. The zero-order chi connectivity index (χ0) is 19.7. The van der Waals surface area contributed by atoms with Gasteiger partial charge in [-0.25, -0.2) is 13.6 Å². The van der Waals surface area contributed by atoms with Gasteiger partial charge >= 0.3 is 6.03 Å². The van der Waals surface area contributed by atoms with Gasteiger partial charge < -0.3 is 15.5 Å². The van der Waals surface area contributed by atoms with Gasteiger partial charge in [-0.05, 0) is 32.0 Å². The summed E-state index contributed by atoms with van der Waals surface area (Å²) in [6, 6.07) is 6.82. The van der Waals surface area contributed by atoms with Gasteiger partial charge in [0.2, 0.25) is 5.91 Å². The topological polar surface area (TPSA) is 61.4 Å². The minimum absolute atomic E-state index is 0.174. The van der Waals surface area contributed by atoms with E-state index in [1.54, 1.807) is 19.9 Å². The minimum atomic E-state index is -0.781. The van der Waals surface area contributed by atoms with Crippen molar-refractivity contribution in [2.45, 2.75) is 32.5 Å². The third kappa shape index (κ3) is 3.95. The molecule has 2 N–H and O–H groups in total. The Morgan fingerprint density at radius 3 is 2.70 bits per heavy atom. The first kappa shape index (κ1) is 19.3. The van der Waals surface area contributed by atoms with E-state index in [4.69, 9.17) is 0 Å². The van der Waals surface area contributed by atoms with Crippen molar-refractivity contribution in [2.24, 2.45) is 0 Å². The van der Waals surface area contributed by atoms with Crippen LogP contribution in [0.25, 0.3) is 0 Å². The van der Waals surface area contributed by atoms with Crippen LogP contribution in [0.3, 0.4) is 0 Å². The van der Waals surface area contributed by atoms with E-state index in [9.17, 15) is 18.4 Å². The SMILES string of the molecule is C[C@H](NC(=O)[C@H](C)N1Cc2c(Br)cccc2NC1=O)c1ccc(F)cc1F. The predicted octanol–water partition coefficient (Wildman–Crippen LogP) is 4.34. The van der Waals surface area contributed by atoms with Crippen molar-refractivity contribution < 1.29 is 18.4 Å². The van der Waals surface area contributed by atoms with Crippen molar-refractivity contribution in [1.29, 1.82) is 0 Å². The van der Waals surface area contributed by atoms with Gasteiger partial charge in [-0.15, -0.1) is 0 Å². The summed E-state index contributed by atoms with van der Waals surface area (Å²) in [7, 11) is 0. The maximum atomic E-state index is 13.9. The molecule has 5 nitrogen and oxygen atoms in total. The van der Waals surface area contributed by atoms with Gasteiger partial charge in [0.05, 0.1) is 12.6 Å². The van der Waals surface area contributed by atoms with Gasteiger partial charge in [0.15, 0.2) is 0 Å². The summed E-state index contributed by atoms with van der Waals surface area (Å²) >= 11 is 3.45. The summed E-state index contributed by atoms with van der Waals surface area (Å²) in [5, 5.41) is 5.44. The van der Waals surface area contributed by atoms with E-state index in [0.29, 0.717) is 5.69 Å². The van der Waals surface area contributed by atoms with E-state index in [1.807, 2.05) is 12.1 Å². The van der Waals surface area contributed by atoms with Crippen molar-refractivity contribution in [3.8, 4) is 0 Å². The lowest BCUT2D eigenvalue weighted by Gasteiger charge is -2.34. The van der Waals surface area contributed by atoms with Gasteiger partial charge in [-0.2, -0.15) is 0 Å². The van der Waals surface area contributed by atoms with Crippen LogP contribution in [-0.2, 0) is 11.3 Å². The lowest BCUT2D eigenvalue weighted by Crippen LogP contribution is -2.51. The summed E-state index contributed by atoms with van der Waals surface area (Å²) in [6.07, 6.45) is 0. The van der Waals surface area contributed by atoms with Crippen LogP contribution in [0.5, 0.6) is 0 Å². The van der Waals surface area contributed by atoms with E-state index in [2.05, 4.69) is 26.6 Å². The molecule has 1 heterocycles. The molecule has 0 radical (unpaired) electrons. The summed E-state index contributed by atoms with van der Waals surface area (Å²) in [6.45, 7) is 3.46. The number of benzene rings is 2. The van der Waals surface area contributed by atoms with Crippen LogP contribution in [0.2, 0.25) is 0 Å². The molecule has 0 spiro atoms. The van der Waals surface area contributed by atoms with Crippen LogP contribution in [0, 0.1) is 11.6 Å². The van der Waals surface area contributed by atoms with Crippen molar-refractivity contribution in [1.82, 2.24) is 10.2 Å². The first-order valence-electron chi connectivity index (χ1n) is 8.38. The Hall–Kier alpha value is -2.48. The maximum absolute atomic E-state index is 13.9. The highest BCUT2D eigenvalue weighted by Gasteiger charge is 2.32. The molecule has 142 valence electrons. The number of anilines is 1. The van der Waals surface area contributed by atoms with Crippen LogP contribution in [0.1, 0.15) is 31.0 Å². The van der Waals surface area contributed by atoms with E-state index in [0.717, 1.165) is 22.2 Å². The maximum Gasteiger partial charge on any atom is 0.322 e. The normalized spacial score (nSPS) is 15.6. The molecular formula is C19H18BrF2N3O2. The molecule has 3 amide bonds. The molecule has 2 atom stereocenters. The Morgan fingerprint density at radius 2 is 2.00 bits per heavy atom. The summed E-state index contributed by atoms with van der Waals surface area (Å²) in [5.74, 6) is -1.85. The second-order valence-corrected chi connectivity index (χ2v) is 7.25. The Labute approximate surface area is 163 Å². The molecule has 1 aliphatic rings. The number of carbonyl (C=O) groups is 2. The number of nitrogens with one attached hydrogen (secondary N) is 2. The highest BCUT2D eigenvalue weighted by atomic mass is 79.9. The molecule has 0 saturated heterocycles. The Bertz CT molecular complexity index is 907. The van der Waals surface area contributed by atoms with Crippen molar-refractivity contribution in [3.63, 3.8) is 0 Å². The number of urea groups is 1. The molecule has 8 heteroatoms. The zero-order valence-corrected chi connectivity index (χ0v) is 16.3. The molecular weight excluding hydrogens is 420 g/mol. The third-order valence-corrected chi connectivity index (χ3v) is 5.33. The fraction of sp³-hybridized carbons (Fsp3) is 0.263. The lowest BCUT2D eigenvalue weighted by molar-refractivity contribution is -0.125. The first-order valence-corrected chi connectivity index (χ1v) is 9.17. The Kier molecular flexibility index (Phi) is 5.46. The standard InChI is InChI=1S/C19H18BrF2N3O2/c1-10(13-7-6-12(21)8-16(13)22)23-18(26)11(2)25-9-14-15(20)4-3-5-17(14)24-19(25)27/h3-8,10-11H,9H2,1-2H3,(H,23,26)(H,24,27)/t10-,11-/m0/s1. The number of hydrogen-bond donors (Lipinski definition) is 2. The molecule has 1 aliphatic heterocycles. The van der Waals surface area contributed by atoms with Crippen LogP contribution in [0.4, 0.5) is 19.3 Å². The third-order valence-electron chi connectivity index (χ3n) is 4.58. The van der Waals surface area contributed by atoms with Crippen LogP contribution >= 0.6 is 15.9 Å². The van der Waals surface area contributed by atoms with Crippen LogP contribution in [0.15, 0.2) is 40.9 Å². The molecule has 2 aromatic carbocycles. The van der Waals surface area contributed by atoms with Gasteiger partial charge in [-0.1, -0.05) is 28.1 Å². The fourth-order valence-electron chi connectivity index (χ4n) is 2.98. The van der Waals surface area contributed by atoms with Crippen LogP contribution < -0.4 is 10.6 Å². The Morgan fingerprint density at radius 1 is 1.26 bits per heavy atom. The number of carbonyl (C=O) groups excluding carboxylic acids is 2. The summed E-state index contributed by atoms with van der Waals surface area (Å²) in [4.78, 5) is 26.4. The smallest absolute Gasteiger partial charge is 0.322 e. The number of hydrogen-bond acceptors (Lipinski definition) is 2. The van der Waals surface area contributed by atoms with Crippen molar-refractivity contribution in [3.05, 3.63) is 63.6 Å². The van der Waals surface area contributed by atoms with Gasteiger partial charge in [0.25, 0.3) is 0 Å². The number of nitrogens with zero attached hydrogens (tertiary/aromatic N) is 1. The molecule has 0 fully saturated rings. The van der Waals surface area contributed by atoms with Crippen molar-refractivity contribution >= 4 is 33.6 Å². The first-order chi connectivity index (χ1) is 12.8. The summed E-state index contributed by atoms with van der Waals surface area (Å²) in [5.41, 5.74) is 1.74. The Balaban J connectivity index is 1.73. The minimum Gasteiger partial charge on any atom is -0.348 e. The predicted molar refractivity (Wildman–Crippen MR) is 101 cm³/mol. The quantitative estimate of drug-likeness (QED) is 0.746. The lowest BCUT2D eigenvalue weighted by atomic mass is 10.1. The molecule has 0 aromatic heterocycles. The zero-order valence-electron chi connectivity index (χ0n) is 14.7. The second kappa shape index (κ2) is 7.64. The van der Waals surface area contributed by atoms with Gasteiger partial charge in [0.1, 0.15) is 17.7 Å². The van der Waals surface area contributed by atoms with E-state index in [-0.39, 0.29) is 18.1 Å². The molecule has 0 unspecified atom stereocenters. The molecule has 0 bridgehead atoms. The van der Waals surface area contributed by atoms with E-state index < -0.39 is 29.6 Å². The molecule has 2 aromatic rings. The highest BCUT2D eigenvalue weighted by molar-refractivity contribution is 9.10. The van der Waals surface area contributed by atoms with E-state index >= 15 is 0 Å². The number of rotatable bonds is 4. The van der Waals surface area contributed by atoms with Crippen LogP contribution in [-0.4, -0.2) is 22.9 Å². The van der Waals surface area contributed by atoms with Crippen molar-refractivity contribution in [2.75, 3.05) is 5.32 Å².